The van der Waals surface area contributed by atoms with Crippen LogP contribution in [-0.2, 0) is 4.79 Å². The third-order valence-corrected chi connectivity index (χ3v) is 5.93. The third kappa shape index (κ3) is 1.84. The van der Waals surface area contributed by atoms with Gasteiger partial charge in [-0.3, -0.25) is 10.1 Å². The molecule has 108 valence electrons. The Hall–Kier alpha value is -0.910. The van der Waals surface area contributed by atoms with Crippen molar-refractivity contribution in [3.05, 3.63) is 21.9 Å². The Morgan fingerprint density at radius 1 is 1.40 bits per heavy atom. The van der Waals surface area contributed by atoms with Crippen LogP contribution in [0.3, 0.4) is 0 Å². The molecule has 1 spiro atoms. The van der Waals surface area contributed by atoms with E-state index >= 15 is 0 Å². The second-order valence-electron chi connectivity index (χ2n) is 6.49. The largest absolute Gasteiger partial charge is 0.316 e. The predicted molar refractivity (Wildman–Crippen MR) is 79.6 cm³/mol. The number of likely N-dealkylation sites (N-methyl/N-ethyl adjacent to an activating group) is 1. The van der Waals surface area contributed by atoms with E-state index in [0.29, 0.717) is 11.9 Å². The molecule has 0 radical (unpaired) electrons. The first-order chi connectivity index (χ1) is 9.59. The van der Waals surface area contributed by atoms with E-state index in [0.717, 1.165) is 32.4 Å². The number of hydrogen-bond donors (Lipinski definition) is 1. The molecule has 1 aromatic heterocycles. The maximum absolute atomic E-state index is 12.8. The summed E-state index contributed by atoms with van der Waals surface area (Å²) in [5.41, 5.74) is -0.219. The number of aryl methyl sites for hydroxylation is 1. The van der Waals surface area contributed by atoms with Crippen LogP contribution in [0.4, 0.5) is 0 Å². The van der Waals surface area contributed by atoms with Crippen LogP contribution in [0.15, 0.2) is 12.1 Å². The van der Waals surface area contributed by atoms with Gasteiger partial charge in [0.05, 0.1) is 0 Å². The molecule has 20 heavy (non-hydrogen) atoms. The van der Waals surface area contributed by atoms with Crippen LogP contribution >= 0.6 is 11.3 Å². The Kier molecular flexibility index (Phi) is 2.75. The lowest BCUT2D eigenvalue weighted by atomic mass is 10.2. The highest BCUT2D eigenvalue weighted by Gasteiger charge is 2.61. The van der Waals surface area contributed by atoms with Crippen LogP contribution in [0.1, 0.15) is 35.2 Å². The van der Waals surface area contributed by atoms with Gasteiger partial charge in [-0.05, 0) is 51.9 Å². The van der Waals surface area contributed by atoms with Gasteiger partial charge >= 0.3 is 0 Å². The molecule has 1 aromatic rings. The summed E-state index contributed by atoms with van der Waals surface area (Å²) in [5.74, 6) is 0.342. The van der Waals surface area contributed by atoms with Crippen molar-refractivity contribution in [3.8, 4) is 0 Å². The molecule has 3 aliphatic rings. The standard InChI is InChI=1S/C15H21N3OS/c1-10-3-4-12(20-10)13-16-15(6-7-15)14(19)18(13)11-5-8-17(2)9-11/h3-4,11,13,16H,5-9H2,1-2H3. The van der Waals surface area contributed by atoms with Gasteiger partial charge in [-0.15, -0.1) is 11.3 Å². The highest BCUT2D eigenvalue weighted by Crippen LogP contribution is 2.48. The monoisotopic (exact) mass is 291 g/mol. The lowest BCUT2D eigenvalue weighted by molar-refractivity contribution is -0.132. The van der Waals surface area contributed by atoms with Gasteiger partial charge in [0.15, 0.2) is 0 Å². The summed E-state index contributed by atoms with van der Waals surface area (Å²) < 4.78 is 0. The van der Waals surface area contributed by atoms with E-state index < -0.39 is 0 Å². The highest BCUT2D eigenvalue weighted by atomic mass is 32.1. The van der Waals surface area contributed by atoms with E-state index in [4.69, 9.17) is 0 Å². The van der Waals surface area contributed by atoms with Crippen LogP contribution in [0.5, 0.6) is 0 Å². The van der Waals surface area contributed by atoms with Gasteiger partial charge in [-0.2, -0.15) is 0 Å². The average molecular weight is 291 g/mol. The van der Waals surface area contributed by atoms with E-state index in [1.165, 1.54) is 9.75 Å². The zero-order valence-corrected chi connectivity index (χ0v) is 12.9. The number of hydrogen-bond acceptors (Lipinski definition) is 4. The molecule has 0 bridgehead atoms. The van der Waals surface area contributed by atoms with Crippen LogP contribution in [0.2, 0.25) is 0 Å². The van der Waals surface area contributed by atoms with Crippen LogP contribution in [-0.4, -0.2) is 47.4 Å². The highest BCUT2D eigenvalue weighted by molar-refractivity contribution is 7.12. The average Bonchev–Trinajstić information content (AvgIpc) is 2.73. The molecule has 3 fully saturated rings. The van der Waals surface area contributed by atoms with Crippen LogP contribution in [0.25, 0.3) is 0 Å². The summed E-state index contributed by atoms with van der Waals surface area (Å²) in [5, 5.41) is 3.63. The van der Waals surface area contributed by atoms with Gasteiger partial charge in [0.25, 0.3) is 0 Å². The molecular formula is C15H21N3OS. The number of likely N-dealkylation sites (tertiary alicyclic amines) is 1. The molecule has 1 aliphatic carbocycles. The molecular weight excluding hydrogens is 270 g/mol. The lowest BCUT2D eigenvalue weighted by Crippen LogP contribution is -2.41. The molecule has 0 aromatic carbocycles. The summed E-state index contributed by atoms with van der Waals surface area (Å²) >= 11 is 1.81. The Morgan fingerprint density at radius 3 is 2.75 bits per heavy atom. The normalized spacial score (nSPS) is 32.5. The Bertz CT molecular complexity index is 551. The maximum atomic E-state index is 12.8. The smallest absolute Gasteiger partial charge is 0.244 e. The van der Waals surface area contributed by atoms with E-state index in [2.05, 4.69) is 41.2 Å². The zero-order chi connectivity index (χ0) is 13.9. The summed E-state index contributed by atoms with van der Waals surface area (Å²) in [4.78, 5) is 19.9. The molecule has 1 saturated carbocycles. The molecule has 5 heteroatoms. The quantitative estimate of drug-likeness (QED) is 0.901. The van der Waals surface area contributed by atoms with E-state index in [9.17, 15) is 4.79 Å². The Morgan fingerprint density at radius 2 is 2.20 bits per heavy atom. The second kappa shape index (κ2) is 4.29. The molecule has 4 nitrogen and oxygen atoms in total. The van der Waals surface area contributed by atoms with Crippen molar-refractivity contribution in [1.82, 2.24) is 15.1 Å². The van der Waals surface area contributed by atoms with Crippen LogP contribution < -0.4 is 5.32 Å². The van der Waals surface area contributed by atoms with Gasteiger partial charge in [0.2, 0.25) is 5.91 Å². The topological polar surface area (TPSA) is 35.6 Å². The molecule has 2 aliphatic heterocycles. The van der Waals surface area contributed by atoms with E-state index in [1.807, 2.05) is 11.3 Å². The molecule has 3 heterocycles. The molecule has 2 atom stereocenters. The lowest BCUT2D eigenvalue weighted by Gasteiger charge is -2.29. The van der Waals surface area contributed by atoms with Crippen molar-refractivity contribution in [3.63, 3.8) is 0 Å². The minimum Gasteiger partial charge on any atom is -0.316 e. The van der Waals surface area contributed by atoms with Gasteiger partial charge in [0.1, 0.15) is 11.7 Å². The second-order valence-corrected chi connectivity index (χ2v) is 7.81. The van der Waals surface area contributed by atoms with Crippen molar-refractivity contribution in [2.45, 2.75) is 43.9 Å². The number of carbonyl (C=O) groups is 1. The molecule has 1 N–H and O–H groups in total. The first kappa shape index (κ1) is 12.8. The van der Waals surface area contributed by atoms with Gasteiger partial charge in [-0.1, -0.05) is 0 Å². The Labute approximate surface area is 123 Å². The zero-order valence-electron chi connectivity index (χ0n) is 12.1. The van der Waals surface area contributed by atoms with Crippen LogP contribution in [0, 0.1) is 6.92 Å². The van der Waals surface area contributed by atoms with Crippen molar-refractivity contribution in [2.75, 3.05) is 20.1 Å². The minimum absolute atomic E-state index is 0.0974. The van der Waals surface area contributed by atoms with E-state index in [-0.39, 0.29) is 11.7 Å². The summed E-state index contributed by atoms with van der Waals surface area (Å²) in [6, 6.07) is 4.70. The summed E-state index contributed by atoms with van der Waals surface area (Å²) in [6.07, 6.45) is 3.21. The van der Waals surface area contributed by atoms with Crippen molar-refractivity contribution in [2.24, 2.45) is 0 Å². The van der Waals surface area contributed by atoms with Crippen molar-refractivity contribution in [1.29, 1.82) is 0 Å². The molecule has 1 amide bonds. The first-order valence-electron chi connectivity index (χ1n) is 7.44. The third-order valence-electron chi connectivity index (χ3n) is 4.88. The SMILES string of the molecule is Cc1ccc(C2NC3(CC3)C(=O)N2C2CCN(C)C2)s1. The first-order valence-corrected chi connectivity index (χ1v) is 8.26. The minimum atomic E-state index is -0.219. The number of nitrogens with one attached hydrogen (secondary N) is 1. The van der Waals surface area contributed by atoms with Gasteiger partial charge in [-0.25, -0.2) is 0 Å². The fraction of sp³-hybridized carbons (Fsp3) is 0.667. The van der Waals surface area contributed by atoms with Gasteiger partial charge < -0.3 is 9.80 Å². The number of rotatable bonds is 2. The molecule has 2 saturated heterocycles. The molecule has 4 rings (SSSR count). The Balaban J connectivity index is 1.67. The molecule has 2 unspecified atom stereocenters. The summed E-state index contributed by atoms with van der Waals surface area (Å²) in [6.45, 7) is 4.23. The van der Waals surface area contributed by atoms with Gasteiger partial charge in [0, 0.05) is 22.3 Å². The maximum Gasteiger partial charge on any atom is 0.244 e. The number of nitrogens with zero attached hydrogens (tertiary/aromatic N) is 2. The van der Waals surface area contributed by atoms with Crippen molar-refractivity contribution < 1.29 is 4.79 Å². The number of amides is 1. The summed E-state index contributed by atoms with van der Waals surface area (Å²) in [7, 11) is 2.14. The number of carbonyl (C=O) groups excluding carboxylic acids is 1. The fourth-order valence-electron chi connectivity index (χ4n) is 3.56. The van der Waals surface area contributed by atoms with Crippen molar-refractivity contribution >= 4 is 17.2 Å². The predicted octanol–water partition coefficient (Wildman–Crippen LogP) is 1.72. The fourth-order valence-corrected chi connectivity index (χ4v) is 4.49. The van der Waals surface area contributed by atoms with E-state index in [1.54, 1.807) is 0 Å². The number of thiophene rings is 1.